The maximum absolute atomic E-state index is 13.1. The molecule has 0 saturated carbocycles. The average Bonchev–Trinajstić information content (AvgIpc) is 3.22. The molecule has 1 N–H and O–H groups in total. The molecule has 0 fully saturated rings. The molecule has 2 aromatic carbocycles. The molecule has 28 heavy (non-hydrogen) atoms. The minimum absolute atomic E-state index is 0.0828. The predicted molar refractivity (Wildman–Crippen MR) is 110 cm³/mol. The summed E-state index contributed by atoms with van der Waals surface area (Å²) in [6.45, 7) is 6.50. The fraction of sp³-hybridized carbons (Fsp3) is 0.182. The number of amides is 1. The zero-order chi connectivity index (χ0) is 19.8. The molecule has 4 rings (SSSR count). The van der Waals surface area contributed by atoms with Gasteiger partial charge in [-0.3, -0.25) is 9.20 Å². The van der Waals surface area contributed by atoms with Crippen LogP contribution < -0.4 is 5.32 Å². The smallest absolute Gasteiger partial charge is 0.251 e. The maximum Gasteiger partial charge on any atom is 0.251 e. The lowest BCUT2D eigenvalue weighted by molar-refractivity contribution is 0.0951. The van der Waals surface area contributed by atoms with Crippen LogP contribution in [0.4, 0.5) is 4.39 Å². The van der Waals surface area contributed by atoms with Gasteiger partial charge in [-0.25, -0.2) is 9.37 Å². The molecule has 0 atom stereocenters. The molecule has 2 aromatic heterocycles. The van der Waals surface area contributed by atoms with Crippen molar-refractivity contribution < 1.29 is 9.18 Å². The lowest BCUT2D eigenvalue weighted by Crippen LogP contribution is -2.22. The molecule has 4 aromatic rings. The molecule has 0 aliphatic carbocycles. The van der Waals surface area contributed by atoms with Crippen molar-refractivity contribution in [3.63, 3.8) is 0 Å². The Hall–Kier alpha value is -2.99. The van der Waals surface area contributed by atoms with E-state index in [1.165, 1.54) is 17.7 Å². The lowest BCUT2D eigenvalue weighted by Gasteiger charge is -2.07. The van der Waals surface area contributed by atoms with Gasteiger partial charge >= 0.3 is 0 Å². The van der Waals surface area contributed by atoms with Gasteiger partial charge in [-0.1, -0.05) is 17.4 Å². The highest BCUT2D eigenvalue weighted by Gasteiger charge is 2.14. The van der Waals surface area contributed by atoms with E-state index in [0.717, 1.165) is 32.4 Å². The predicted octanol–water partition coefficient (Wildman–Crippen LogP) is 5.06. The summed E-state index contributed by atoms with van der Waals surface area (Å²) in [6, 6.07) is 12.0. The fourth-order valence-electron chi connectivity index (χ4n) is 3.06. The number of aromatic nitrogens is 2. The van der Waals surface area contributed by atoms with Crippen molar-refractivity contribution in [3.8, 4) is 11.3 Å². The summed E-state index contributed by atoms with van der Waals surface area (Å²) in [5.74, 6) is -0.344. The van der Waals surface area contributed by atoms with E-state index in [9.17, 15) is 9.18 Å². The number of fused-ring (bicyclic) bond motifs is 1. The first-order valence-electron chi connectivity index (χ1n) is 9.01. The first-order chi connectivity index (χ1) is 13.4. The molecular weight excluding hydrogens is 373 g/mol. The number of carbonyl (C=O) groups excluding carboxylic acids is 1. The Morgan fingerprint density at radius 1 is 1.11 bits per heavy atom. The second-order valence-electron chi connectivity index (χ2n) is 6.88. The molecule has 6 heteroatoms. The van der Waals surface area contributed by atoms with Crippen LogP contribution in [0.2, 0.25) is 0 Å². The number of nitrogens with zero attached hydrogens (tertiary/aromatic N) is 2. The number of imidazole rings is 1. The van der Waals surface area contributed by atoms with Gasteiger partial charge in [-0.15, -0.1) is 0 Å². The molecule has 0 aliphatic heterocycles. The number of halogens is 1. The number of hydrogen-bond donors (Lipinski definition) is 1. The quantitative estimate of drug-likeness (QED) is 0.527. The normalized spacial score (nSPS) is 11.1. The largest absolute Gasteiger partial charge is 0.347 e. The van der Waals surface area contributed by atoms with E-state index >= 15 is 0 Å². The van der Waals surface area contributed by atoms with Gasteiger partial charge in [0, 0.05) is 27.9 Å². The summed E-state index contributed by atoms with van der Waals surface area (Å²) >= 11 is 1.55. The summed E-state index contributed by atoms with van der Waals surface area (Å²) in [4.78, 5) is 19.0. The number of thiazole rings is 1. The van der Waals surface area contributed by atoms with Crippen LogP contribution in [0, 0.1) is 26.6 Å². The third-order valence-electron chi connectivity index (χ3n) is 4.97. The van der Waals surface area contributed by atoms with Crippen LogP contribution in [0.15, 0.2) is 48.7 Å². The molecule has 2 heterocycles. The molecule has 1 amide bonds. The molecule has 0 radical (unpaired) electrons. The number of carbonyl (C=O) groups is 1. The standard InChI is InChI=1S/C22H20FN3OS/c1-13-4-5-17(10-14(13)2)21(27)24-11-20-15(3)26-12-19(25-22(26)28-20)16-6-8-18(23)9-7-16/h4-10,12H,11H2,1-3H3,(H,24,27). The van der Waals surface area contributed by atoms with Crippen LogP contribution in [-0.4, -0.2) is 15.3 Å². The van der Waals surface area contributed by atoms with Gasteiger partial charge in [0.2, 0.25) is 0 Å². The molecule has 0 bridgehead atoms. The van der Waals surface area contributed by atoms with Crippen molar-refractivity contribution in [2.45, 2.75) is 27.3 Å². The van der Waals surface area contributed by atoms with E-state index in [2.05, 4.69) is 10.3 Å². The number of benzene rings is 2. The SMILES string of the molecule is Cc1ccc(C(=O)NCc2sc3nc(-c4ccc(F)cc4)cn3c2C)cc1C. The van der Waals surface area contributed by atoms with Crippen molar-refractivity contribution >= 4 is 22.2 Å². The monoisotopic (exact) mass is 393 g/mol. The third-order valence-corrected chi connectivity index (χ3v) is 6.13. The van der Waals surface area contributed by atoms with Crippen LogP contribution >= 0.6 is 11.3 Å². The molecule has 0 saturated heterocycles. The number of rotatable bonds is 4. The van der Waals surface area contributed by atoms with Crippen molar-refractivity contribution in [1.82, 2.24) is 14.7 Å². The summed E-state index contributed by atoms with van der Waals surface area (Å²) in [5.41, 5.74) is 5.67. The Labute approximate surface area is 166 Å². The molecule has 4 nitrogen and oxygen atoms in total. The Morgan fingerprint density at radius 2 is 1.86 bits per heavy atom. The highest BCUT2D eigenvalue weighted by Crippen LogP contribution is 2.27. The Kier molecular flexibility index (Phi) is 4.73. The summed E-state index contributed by atoms with van der Waals surface area (Å²) in [6.07, 6.45) is 1.95. The second kappa shape index (κ2) is 7.20. The van der Waals surface area contributed by atoms with Gasteiger partial charge in [0.1, 0.15) is 5.82 Å². The van der Waals surface area contributed by atoms with E-state index in [-0.39, 0.29) is 11.7 Å². The van der Waals surface area contributed by atoms with Crippen molar-refractivity contribution in [3.05, 3.63) is 81.7 Å². The first-order valence-corrected chi connectivity index (χ1v) is 9.83. The van der Waals surface area contributed by atoms with Crippen LogP contribution in [0.25, 0.3) is 16.2 Å². The number of aryl methyl sites for hydroxylation is 3. The topological polar surface area (TPSA) is 46.4 Å². The highest BCUT2D eigenvalue weighted by atomic mass is 32.1. The van der Waals surface area contributed by atoms with Gasteiger partial charge in [0.05, 0.1) is 12.2 Å². The van der Waals surface area contributed by atoms with E-state index in [0.29, 0.717) is 12.1 Å². The van der Waals surface area contributed by atoms with Gasteiger partial charge in [0.15, 0.2) is 4.96 Å². The fourth-order valence-corrected chi connectivity index (χ4v) is 4.11. The van der Waals surface area contributed by atoms with Gasteiger partial charge in [-0.2, -0.15) is 0 Å². The minimum Gasteiger partial charge on any atom is -0.347 e. The van der Waals surface area contributed by atoms with Crippen LogP contribution in [-0.2, 0) is 6.54 Å². The second-order valence-corrected chi connectivity index (χ2v) is 7.94. The zero-order valence-corrected chi connectivity index (χ0v) is 16.7. The molecule has 0 spiro atoms. The summed E-state index contributed by atoms with van der Waals surface area (Å²) < 4.78 is 15.1. The van der Waals surface area contributed by atoms with Gasteiger partial charge in [-0.05, 0) is 68.3 Å². The molecular formula is C22H20FN3OS. The van der Waals surface area contributed by atoms with E-state index in [4.69, 9.17) is 0 Å². The molecule has 0 aliphatic rings. The van der Waals surface area contributed by atoms with Crippen molar-refractivity contribution in [2.75, 3.05) is 0 Å². The van der Waals surface area contributed by atoms with E-state index in [1.54, 1.807) is 23.5 Å². The van der Waals surface area contributed by atoms with Crippen LogP contribution in [0.1, 0.15) is 32.1 Å². The van der Waals surface area contributed by atoms with Crippen molar-refractivity contribution in [1.29, 1.82) is 0 Å². The maximum atomic E-state index is 13.1. The van der Waals surface area contributed by atoms with Gasteiger partial charge in [0.25, 0.3) is 5.91 Å². The van der Waals surface area contributed by atoms with E-state index in [1.807, 2.05) is 49.6 Å². The minimum atomic E-state index is -0.261. The van der Waals surface area contributed by atoms with Crippen molar-refractivity contribution in [2.24, 2.45) is 0 Å². The first kappa shape index (κ1) is 18.4. The Balaban J connectivity index is 1.52. The number of nitrogens with one attached hydrogen (secondary N) is 1. The summed E-state index contributed by atoms with van der Waals surface area (Å²) in [5, 5.41) is 2.99. The van der Waals surface area contributed by atoms with Crippen LogP contribution in [0.5, 0.6) is 0 Å². The highest BCUT2D eigenvalue weighted by molar-refractivity contribution is 7.17. The van der Waals surface area contributed by atoms with E-state index < -0.39 is 0 Å². The Bertz CT molecular complexity index is 1170. The van der Waals surface area contributed by atoms with Crippen LogP contribution in [0.3, 0.4) is 0 Å². The number of hydrogen-bond acceptors (Lipinski definition) is 3. The molecule has 142 valence electrons. The average molecular weight is 393 g/mol. The van der Waals surface area contributed by atoms with Gasteiger partial charge < -0.3 is 5.32 Å². The Morgan fingerprint density at radius 3 is 2.54 bits per heavy atom. The zero-order valence-electron chi connectivity index (χ0n) is 15.9. The molecule has 0 unspecified atom stereocenters. The summed E-state index contributed by atoms with van der Waals surface area (Å²) in [7, 11) is 0. The lowest BCUT2D eigenvalue weighted by atomic mass is 10.1. The third kappa shape index (κ3) is 3.43.